The fourth-order valence-electron chi connectivity index (χ4n) is 11.8. The first-order chi connectivity index (χ1) is 37.7. The van der Waals surface area contributed by atoms with Gasteiger partial charge in [0.2, 0.25) is 0 Å². The summed E-state index contributed by atoms with van der Waals surface area (Å²) in [5, 5.41) is 19.5. The highest BCUT2D eigenvalue weighted by Crippen LogP contribution is 2.44. The number of hydrogen-bond donors (Lipinski definition) is 0. The van der Waals surface area contributed by atoms with Crippen LogP contribution in [0.25, 0.3) is 109 Å². The molecular weight excluding hydrogens is 925 g/mol. The average Bonchev–Trinajstić information content (AvgIpc) is 4.15. The summed E-state index contributed by atoms with van der Waals surface area (Å²) in [6, 6.07) is 99.1. The summed E-state index contributed by atoms with van der Waals surface area (Å²) in [6.45, 7) is 0. The molecule has 0 N–H and O–H groups in total. The van der Waals surface area contributed by atoms with Crippen LogP contribution in [0.3, 0.4) is 0 Å². The van der Waals surface area contributed by atoms with Crippen LogP contribution in [0.2, 0.25) is 0 Å². The molecule has 0 saturated heterocycles. The molecule has 4 heteroatoms. The molecule has 0 unspecified atom stereocenters. The molecule has 0 radical (unpaired) electrons. The van der Waals surface area contributed by atoms with Gasteiger partial charge in [-0.05, 0) is 168 Å². The Balaban J connectivity index is 0.000000133. The lowest BCUT2D eigenvalue weighted by molar-refractivity contribution is 0.669. The van der Waals surface area contributed by atoms with Crippen molar-refractivity contribution < 1.29 is 8.83 Å². The van der Waals surface area contributed by atoms with Gasteiger partial charge in [0.1, 0.15) is 22.3 Å². The van der Waals surface area contributed by atoms with E-state index in [0.29, 0.717) is 0 Å². The molecule has 16 aromatic rings. The van der Waals surface area contributed by atoms with E-state index in [-0.39, 0.29) is 0 Å². The number of benzene rings is 14. The smallest absolute Gasteiger partial charge is 0.143 e. The van der Waals surface area contributed by atoms with Crippen molar-refractivity contribution >= 4 is 143 Å². The molecule has 0 saturated carbocycles. The number of fused-ring (bicyclic) bond motifs is 18. The maximum Gasteiger partial charge on any atom is 0.143 e. The molecule has 2 heterocycles. The Morgan fingerprint density at radius 2 is 0.553 bits per heavy atom. The Labute approximate surface area is 438 Å². The SMILES string of the molecule is c1ccc(N(c2ccccc2)c2ccc3c(ccc4ccc5c(ccc6c7ccccc7oc65)c43)c2)cc1.c1ccc(N(c2ccccc2)c2ccc3c(ccc4ccc5c(ccc6oc7ccccc7c65)c43)c2)cc1. The molecule has 0 atom stereocenters. The highest BCUT2D eigenvalue weighted by atomic mass is 16.3. The van der Waals surface area contributed by atoms with Crippen molar-refractivity contribution in [3.05, 3.63) is 279 Å². The highest BCUT2D eigenvalue weighted by molar-refractivity contribution is 6.29. The predicted molar refractivity (Wildman–Crippen MR) is 322 cm³/mol. The summed E-state index contributed by atoms with van der Waals surface area (Å²) in [5.41, 5.74) is 10.6. The summed E-state index contributed by atoms with van der Waals surface area (Å²) >= 11 is 0. The Morgan fingerprint density at radius 3 is 1.09 bits per heavy atom. The Hall–Kier alpha value is -10.2. The van der Waals surface area contributed by atoms with Gasteiger partial charge < -0.3 is 18.6 Å². The summed E-state index contributed by atoms with van der Waals surface area (Å²) in [7, 11) is 0. The lowest BCUT2D eigenvalue weighted by atomic mass is 9.94. The second kappa shape index (κ2) is 17.8. The molecule has 76 heavy (non-hydrogen) atoms. The number of anilines is 6. The van der Waals surface area contributed by atoms with Gasteiger partial charge in [-0.2, -0.15) is 0 Å². The zero-order valence-corrected chi connectivity index (χ0v) is 41.3. The highest BCUT2D eigenvalue weighted by Gasteiger charge is 2.19. The van der Waals surface area contributed by atoms with Gasteiger partial charge in [-0.15, -0.1) is 0 Å². The molecule has 16 rings (SSSR count). The zero-order chi connectivity index (χ0) is 50.1. The van der Waals surface area contributed by atoms with Crippen molar-refractivity contribution in [1.82, 2.24) is 0 Å². The Kier molecular flexibility index (Phi) is 10.2. The minimum absolute atomic E-state index is 0.930. The molecule has 0 aliphatic heterocycles. The van der Waals surface area contributed by atoms with Gasteiger partial charge in [-0.1, -0.05) is 170 Å². The number of para-hydroxylation sites is 6. The third-order valence-corrected chi connectivity index (χ3v) is 15.2. The Morgan fingerprint density at radius 1 is 0.197 bits per heavy atom. The zero-order valence-electron chi connectivity index (χ0n) is 41.3. The number of furan rings is 2. The van der Waals surface area contributed by atoms with E-state index in [9.17, 15) is 0 Å². The van der Waals surface area contributed by atoms with Crippen LogP contribution in [0.15, 0.2) is 288 Å². The van der Waals surface area contributed by atoms with E-state index < -0.39 is 0 Å². The summed E-state index contributed by atoms with van der Waals surface area (Å²) in [5.74, 6) is 0. The van der Waals surface area contributed by atoms with Gasteiger partial charge in [-0.25, -0.2) is 0 Å². The first kappa shape index (κ1) is 43.4. The van der Waals surface area contributed by atoms with E-state index >= 15 is 0 Å². The van der Waals surface area contributed by atoms with Crippen LogP contribution in [-0.2, 0) is 0 Å². The quantitative estimate of drug-likeness (QED) is 0.155. The standard InChI is InChI=1S/2C36H23NO/c1-3-9-26(10-4-1)37(27-11-5-2-6-12-27)28-18-20-29-25(23-28)16-15-24-17-19-31-30(35(24)29)21-22-34-36(31)32-13-7-8-14-33(32)38-34;1-3-9-26(10-4-1)37(27-11-5-2-6-12-27)28-18-20-29-25(23-28)16-15-24-17-19-33-31(35(24)29)21-22-32-30-13-7-8-14-34(30)38-36(32)33/h2*1-23H. The van der Waals surface area contributed by atoms with E-state index in [2.05, 4.69) is 265 Å². The van der Waals surface area contributed by atoms with Crippen molar-refractivity contribution in [1.29, 1.82) is 0 Å². The summed E-state index contributed by atoms with van der Waals surface area (Å²) in [6.07, 6.45) is 0. The van der Waals surface area contributed by atoms with Crippen LogP contribution >= 0.6 is 0 Å². The van der Waals surface area contributed by atoms with Crippen LogP contribution in [0, 0.1) is 0 Å². The van der Waals surface area contributed by atoms with Gasteiger partial charge in [0.15, 0.2) is 0 Å². The van der Waals surface area contributed by atoms with E-state index in [1.165, 1.54) is 64.6 Å². The lowest BCUT2D eigenvalue weighted by Crippen LogP contribution is -2.09. The minimum atomic E-state index is 0.930. The number of hydrogen-bond acceptors (Lipinski definition) is 4. The maximum absolute atomic E-state index is 6.37. The fourth-order valence-corrected chi connectivity index (χ4v) is 11.8. The third kappa shape index (κ3) is 7.14. The minimum Gasteiger partial charge on any atom is -0.456 e. The van der Waals surface area contributed by atoms with Crippen molar-refractivity contribution in [2.45, 2.75) is 0 Å². The van der Waals surface area contributed by atoms with Gasteiger partial charge in [0, 0.05) is 61.1 Å². The van der Waals surface area contributed by atoms with Gasteiger partial charge in [0.25, 0.3) is 0 Å². The van der Waals surface area contributed by atoms with E-state index in [1.54, 1.807) is 0 Å². The predicted octanol–water partition coefficient (Wildman–Crippen LogP) is 21.0. The van der Waals surface area contributed by atoms with Crippen LogP contribution in [0.5, 0.6) is 0 Å². The molecule has 0 aliphatic rings. The number of nitrogens with zero attached hydrogens (tertiary/aromatic N) is 2. The first-order valence-corrected chi connectivity index (χ1v) is 25.9. The molecule has 356 valence electrons. The largest absolute Gasteiger partial charge is 0.456 e. The molecule has 0 amide bonds. The molecule has 4 nitrogen and oxygen atoms in total. The second-order valence-corrected chi connectivity index (χ2v) is 19.6. The molecule has 0 aliphatic carbocycles. The van der Waals surface area contributed by atoms with Crippen LogP contribution in [0.1, 0.15) is 0 Å². The normalized spacial score (nSPS) is 11.7. The molecule has 14 aromatic carbocycles. The average molecular weight is 971 g/mol. The van der Waals surface area contributed by atoms with Gasteiger partial charge in [0.05, 0.1) is 0 Å². The summed E-state index contributed by atoms with van der Waals surface area (Å²) < 4.78 is 12.5. The maximum atomic E-state index is 6.37. The van der Waals surface area contributed by atoms with Crippen molar-refractivity contribution in [2.75, 3.05) is 9.80 Å². The van der Waals surface area contributed by atoms with Gasteiger partial charge >= 0.3 is 0 Å². The van der Waals surface area contributed by atoms with Crippen LogP contribution < -0.4 is 9.80 Å². The van der Waals surface area contributed by atoms with Crippen LogP contribution in [0.4, 0.5) is 34.1 Å². The van der Waals surface area contributed by atoms with Crippen LogP contribution in [-0.4, -0.2) is 0 Å². The second-order valence-electron chi connectivity index (χ2n) is 19.6. The van der Waals surface area contributed by atoms with Crippen molar-refractivity contribution in [3.8, 4) is 0 Å². The summed E-state index contributed by atoms with van der Waals surface area (Å²) in [4.78, 5) is 4.62. The lowest BCUT2D eigenvalue weighted by Gasteiger charge is -2.25. The van der Waals surface area contributed by atoms with Crippen molar-refractivity contribution in [3.63, 3.8) is 0 Å². The molecular formula is C72H46N2O2. The topological polar surface area (TPSA) is 32.8 Å². The fraction of sp³-hybridized carbons (Fsp3) is 0. The van der Waals surface area contributed by atoms with E-state index in [0.717, 1.165) is 78.0 Å². The van der Waals surface area contributed by atoms with Crippen molar-refractivity contribution in [2.24, 2.45) is 0 Å². The molecule has 0 bridgehead atoms. The van der Waals surface area contributed by atoms with E-state index in [4.69, 9.17) is 8.83 Å². The monoisotopic (exact) mass is 970 g/mol. The van der Waals surface area contributed by atoms with E-state index in [1.807, 2.05) is 24.3 Å². The molecule has 0 fully saturated rings. The van der Waals surface area contributed by atoms with Gasteiger partial charge in [-0.3, -0.25) is 0 Å². The number of rotatable bonds is 6. The third-order valence-electron chi connectivity index (χ3n) is 15.2. The first-order valence-electron chi connectivity index (χ1n) is 25.9. The Bertz CT molecular complexity index is 4790. The molecule has 0 spiro atoms. The molecule has 2 aromatic heterocycles.